The van der Waals surface area contributed by atoms with Crippen LogP contribution in [0.3, 0.4) is 0 Å². The number of likely N-dealkylation sites (N-methyl/N-ethyl adjacent to an activating group) is 1. The standard InChI is InChI=1S/C24H23NO7/c1-25(14-15-10-6-5-7-11-15)24-17-13-9-8-12-16(17)23(32-24,22(28)31-4)18(20(26)29-2)19(24)21(27)30-3/h5-13H,14H2,1-4H3. The van der Waals surface area contributed by atoms with Gasteiger partial charge in [-0.05, 0) is 12.6 Å². The monoisotopic (exact) mass is 437 g/mol. The number of benzene rings is 2. The third-order valence-corrected chi connectivity index (χ3v) is 5.97. The summed E-state index contributed by atoms with van der Waals surface area (Å²) in [5, 5.41) is 0. The molecule has 2 aliphatic heterocycles. The molecule has 0 spiro atoms. The van der Waals surface area contributed by atoms with E-state index in [4.69, 9.17) is 18.9 Å². The molecule has 2 aromatic carbocycles. The minimum Gasteiger partial charge on any atom is -0.466 e. The topological polar surface area (TPSA) is 91.4 Å². The molecule has 2 unspecified atom stereocenters. The quantitative estimate of drug-likeness (QED) is 0.501. The minimum absolute atomic E-state index is 0.102. The van der Waals surface area contributed by atoms with E-state index in [1.54, 1.807) is 36.2 Å². The number of carbonyl (C=O) groups is 3. The Hall–Kier alpha value is -3.49. The Morgan fingerprint density at radius 2 is 1.38 bits per heavy atom. The smallest absolute Gasteiger partial charge is 0.348 e. The number of hydrogen-bond donors (Lipinski definition) is 0. The molecule has 2 heterocycles. The summed E-state index contributed by atoms with van der Waals surface area (Å²) in [6, 6.07) is 16.5. The second-order valence-corrected chi connectivity index (χ2v) is 7.54. The van der Waals surface area contributed by atoms with Gasteiger partial charge in [0.25, 0.3) is 0 Å². The molecule has 0 aliphatic carbocycles. The van der Waals surface area contributed by atoms with E-state index < -0.39 is 29.2 Å². The minimum atomic E-state index is -1.97. The number of rotatable bonds is 6. The van der Waals surface area contributed by atoms with Gasteiger partial charge in [0, 0.05) is 17.7 Å². The molecule has 2 aliphatic rings. The highest BCUT2D eigenvalue weighted by atomic mass is 16.6. The van der Waals surface area contributed by atoms with Crippen LogP contribution in [0.4, 0.5) is 0 Å². The van der Waals surface area contributed by atoms with Crippen LogP contribution in [0.2, 0.25) is 0 Å². The van der Waals surface area contributed by atoms with Gasteiger partial charge in [0.1, 0.15) is 11.1 Å². The van der Waals surface area contributed by atoms with Crippen molar-refractivity contribution in [1.29, 1.82) is 0 Å². The molecular weight excluding hydrogens is 414 g/mol. The molecule has 0 amide bonds. The lowest BCUT2D eigenvalue weighted by Gasteiger charge is -2.37. The van der Waals surface area contributed by atoms with Crippen molar-refractivity contribution in [3.8, 4) is 0 Å². The van der Waals surface area contributed by atoms with Crippen LogP contribution in [0.15, 0.2) is 65.7 Å². The van der Waals surface area contributed by atoms with Crippen LogP contribution >= 0.6 is 0 Å². The summed E-state index contributed by atoms with van der Waals surface area (Å²) in [6.45, 7) is 0.349. The van der Waals surface area contributed by atoms with Gasteiger partial charge in [-0.3, -0.25) is 4.90 Å². The molecule has 0 saturated carbocycles. The molecule has 2 aromatic rings. The van der Waals surface area contributed by atoms with Gasteiger partial charge in [-0.25, -0.2) is 14.4 Å². The summed E-state index contributed by atoms with van der Waals surface area (Å²) < 4.78 is 21.5. The third kappa shape index (κ3) is 2.73. The Labute approximate surface area is 185 Å². The van der Waals surface area contributed by atoms with E-state index in [0.717, 1.165) is 5.56 Å². The van der Waals surface area contributed by atoms with Crippen molar-refractivity contribution in [2.24, 2.45) is 0 Å². The van der Waals surface area contributed by atoms with Crippen molar-refractivity contribution >= 4 is 17.9 Å². The van der Waals surface area contributed by atoms with E-state index in [-0.39, 0.29) is 11.1 Å². The van der Waals surface area contributed by atoms with Crippen molar-refractivity contribution in [2.75, 3.05) is 28.4 Å². The van der Waals surface area contributed by atoms with E-state index in [1.165, 1.54) is 21.3 Å². The van der Waals surface area contributed by atoms with Crippen LogP contribution in [0.5, 0.6) is 0 Å². The van der Waals surface area contributed by atoms with Gasteiger partial charge in [-0.15, -0.1) is 0 Å². The summed E-state index contributed by atoms with van der Waals surface area (Å²) in [4.78, 5) is 41.1. The van der Waals surface area contributed by atoms with Crippen molar-refractivity contribution in [3.05, 3.63) is 82.4 Å². The van der Waals surface area contributed by atoms with Crippen molar-refractivity contribution in [2.45, 2.75) is 17.9 Å². The summed E-state index contributed by atoms with van der Waals surface area (Å²) in [6.07, 6.45) is 0. The number of hydrogen-bond acceptors (Lipinski definition) is 8. The highest BCUT2D eigenvalue weighted by molar-refractivity contribution is 6.11. The first-order valence-corrected chi connectivity index (χ1v) is 9.94. The molecule has 4 rings (SSSR count). The molecule has 166 valence electrons. The Kier molecular flexibility index (Phi) is 5.36. The van der Waals surface area contributed by atoms with Gasteiger partial charge in [-0.2, -0.15) is 0 Å². The lowest BCUT2D eigenvalue weighted by atomic mass is 9.74. The molecule has 2 atom stereocenters. The van der Waals surface area contributed by atoms with Crippen LogP contribution in [0.1, 0.15) is 16.7 Å². The second-order valence-electron chi connectivity index (χ2n) is 7.54. The highest BCUT2D eigenvalue weighted by Gasteiger charge is 2.73. The zero-order chi connectivity index (χ0) is 23.1. The van der Waals surface area contributed by atoms with Gasteiger partial charge in [0.05, 0.1) is 21.3 Å². The average Bonchev–Trinajstić information content (AvgIpc) is 3.33. The summed E-state index contributed by atoms with van der Waals surface area (Å²) in [7, 11) is 5.33. The normalized spacial score (nSPS) is 23.2. The van der Waals surface area contributed by atoms with E-state index in [1.807, 2.05) is 30.3 Å². The summed E-state index contributed by atoms with van der Waals surface area (Å²) >= 11 is 0. The molecule has 8 nitrogen and oxygen atoms in total. The van der Waals surface area contributed by atoms with Crippen LogP contribution in [-0.2, 0) is 51.2 Å². The van der Waals surface area contributed by atoms with E-state index >= 15 is 0 Å². The van der Waals surface area contributed by atoms with E-state index in [0.29, 0.717) is 17.7 Å². The number of nitrogens with zero attached hydrogens (tertiary/aromatic N) is 1. The molecule has 8 heteroatoms. The van der Waals surface area contributed by atoms with Crippen molar-refractivity contribution < 1.29 is 33.3 Å². The Bertz CT molecular complexity index is 1130. The fraction of sp³-hybridized carbons (Fsp3) is 0.292. The first kappa shape index (κ1) is 21.7. The highest BCUT2D eigenvalue weighted by Crippen LogP contribution is 2.63. The van der Waals surface area contributed by atoms with E-state index in [9.17, 15) is 14.4 Å². The van der Waals surface area contributed by atoms with Crippen molar-refractivity contribution in [3.63, 3.8) is 0 Å². The lowest BCUT2D eigenvalue weighted by Crippen LogP contribution is -2.46. The van der Waals surface area contributed by atoms with Crippen LogP contribution in [0, 0.1) is 0 Å². The number of carbonyl (C=O) groups excluding carboxylic acids is 3. The first-order valence-electron chi connectivity index (χ1n) is 9.94. The maximum Gasteiger partial charge on any atom is 0.348 e. The molecule has 0 saturated heterocycles. The van der Waals surface area contributed by atoms with Gasteiger partial charge in [0.15, 0.2) is 5.72 Å². The van der Waals surface area contributed by atoms with Gasteiger partial charge in [0.2, 0.25) is 5.60 Å². The fourth-order valence-corrected chi connectivity index (χ4v) is 4.66. The predicted octanol–water partition coefficient (Wildman–Crippen LogP) is 2.03. The number of methoxy groups -OCH3 is 3. The first-order chi connectivity index (χ1) is 15.4. The Morgan fingerprint density at radius 3 is 1.97 bits per heavy atom. The Balaban J connectivity index is 2.04. The molecule has 32 heavy (non-hydrogen) atoms. The van der Waals surface area contributed by atoms with Crippen molar-refractivity contribution in [1.82, 2.24) is 4.90 Å². The number of fused-ring (bicyclic) bond motifs is 5. The van der Waals surface area contributed by atoms with Crippen LogP contribution < -0.4 is 0 Å². The second kappa shape index (κ2) is 7.89. The summed E-state index contributed by atoms with van der Waals surface area (Å²) in [5.41, 5.74) is -1.97. The van der Waals surface area contributed by atoms with Crippen LogP contribution in [0.25, 0.3) is 0 Å². The van der Waals surface area contributed by atoms with Crippen LogP contribution in [-0.4, -0.2) is 51.2 Å². The van der Waals surface area contributed by atoms with E-state index in [2.05, 4.69) is 0 Å². The predicted molar refractivity (Wildman–Crippen MR) is 112 cm³/mol. The molecule has 0 radical (unpaired) electrons. The SMILES string of the molecule is COC(=O)C1=C(C(=O)OC)C2(N(C)Cc3ccccc3)OC1(C(=O)OC)c1ccccc12. The van der Waals surface area contributed by atoms with Gasteiger partial charge < -0.3 is 18.9 Å². The zero-order valence-corrected chi connectivity index (χ0v) is 18.2. The number of ether oxygens (including phenoxy) is 4. The Morgan fingerprint density at radius 1 is 0.812 bits per heavy atom. The number of esters is 3. The fourth-order valence-electron chi connectivity index (χ4n) is 4.66. The maximum atomic E-state index is 13.2. The molecular formula is C24H23NO7. The third-order valence-electron chi connectivity index (χ3n) is 5.97. The maximum absolute atomic E-state index is 13.2. The molecule has 0 N–H and O–H groups in total. The average molecular weight is 437 g/mol. The lowest BCUT2D eigenvalue weighted by molar-refractivity contribution is -0.195. The molecule has 0 fully saturated rings. The molecule has 0 aromatic heterocycles. The zero-order valence-electron chi connectivity index (χ0n) is 18.2. The largest absolute Gasteiger partial charge is 0.466 e. The van der Waals surface area contributed by atoms with Gasteiger partial charge in [-0.1, -0.05) is 54.6 Å². The molecule has 2 bridgehead atoms. The van der Waals surface area contributed by atoms with Gasteiger partial charge >= 0.3 is 17.9 Å². The summed E-state index contributed by atoms with van der Waals surface area (Å²) in [5.74, 6) is -2.51.